The Morgan fingerprint density at radius 3 is 2.60 bits per heavy atom. The molecule has 0 spiro atoms. The lowest BCUT2D eigenvalue weighted by atomic mass is 9.97. The van der Waals surface area contributed by atoms with E-state index in [1.807, 2.05) is 24.3 Å². The van der Waals surface area contributed by atoms with E-state index in [1.165, 1.54) is 0 Å². The molecule has 108 valence electrons. The van der Waals surface area contributed by atoms with Crippen LogP contribution in [-0.4, -0.2) is 31.9 Å². The minimum atomic E-state index is -0.0231. The summed E-state index contributed by atoms with van der Waals surface area (Å²) in [5.41, 5.74) is 0.987. The van der Waals surface area contributed by atoms with Crippen molar-refractivity contribution in [2.45, 2.75) is 19.3 Å². The molecule has 1 amide bonds. The van der Waals surface area contributed by atoms with Gasteiger partial charge in [0.2, 0.25) is 5.91 Å². The lowest BCUT2D eigenvalue weighted by Crippen LogP contribution is -2.41. The van der Waals surface area contributed by atoms with Gasteiger partial charge in [-0.05, 0) is 43.6 Å². The Bertz CT molecular complexity index is 465. The third kappa shape index (κ3) is 4.06. The van der Waals surface area contributed by atoms with Crippen LogP contribution in [0.2, 0.25) is 0 Å². The van der Waals surface area contributed by atoms with Crippen molar-refractivity contribution < 1.29 is 9.53 Å². The molecule has 0 aromatic heterocycles. The fourth-order valence-corrected chi connectivity index (χ4v) is 2.33. The van der Waals surface area contributed by atoms with Gasteiger partial charge in [-0.1, -0.05) is 12.1 Å². The summed E-state index contributed by atoms with van der Waals surface area (Å²) in [5, 5.41) is 13.8. The summed E-state index contributed by atoms with van der Waals surface area (Å²) < 4.78 is 5.09. The highest BCUT2D eigenvalue weighted by molar-refractivity contribution is 5.98. The Balaban J connectivity index is 1.83. The van der Waals surface area contributed by atoms with Gasteiger partial charge < -0.3 is 15.4 Å². The highest BCUT2D eigenvalue weighted by atomic mass is 16.5. The summed E-state index contributed by atoms with van der Waals surface area (Å²) in [4.78, 5) is 12.0. The highest BCUT2D eigenvalue weighted by Crippen LogP contribution is 2.13. The molecule has 20 heavy (non-hydrogen) atoms. The van der Waals surface area contributed by atoms with Gasteiger partial charge >= 0.3 is 0 Å². The van der Waals surface area contributed by atoms with Crippen LogP contribution in [0.1, 0.15) is 18.4 Å². The third-order valence-corrected chi connectivity index (χ3v) is 3.52. The van der Waals surface area contributed by atoms with Crippen LogP contribution in [0.25, 0.3) is 0 Å². The molecule has 1 aromatic carbocycles. The van der Waals surface area contributed by atoms with Gasteiger partial charge in [0, 0.05) is 12.3 Å². The maximum atomic E-state index is 12.0. The van der Waals surface area contributed by atoms with Gasteiger partial charge in [-0.25, -0.2) is 0 Å². The fraction of sp³-hybridized carbons (Fsp3) is 0.467. The van der Waals surface area contributed by atoms with Crippen LogP contribution >= 0.6 is 0 Å². The van der Waals surface area contributed by atoms with Gasteiger partial charge in [-0.3, -0.25) is 10.2 Å². The molecular weight excluding hydrogens is 254 g/mol. The van der Waals surface area contributed by atoms with Crippen molar-refractivity contribution in [3.63, 3.8) is 0 Å². The maximum absolute atomic E-state index is 12.0. The molecule has 0 radical (unpaired) electrons. The van der Waals surface area contributed by atoms with E-state index < -0.39 is 0 Å². The standard InChI is InChI=1S/C15H21N3O2/c1-20-13-4-2-11(3-5-13)10-14(16)18-15(19)12-6-8-17-9-7-12/h2-5,12,17H,6-10H2,1H3,(H2,16,18,19). The number of benzene rings is 1. The van der Waals surface area contributed by atoms with Crippen molar-refractivity contribution in [3.05, 3.63) is 29.8 Å². The Morgan fingerprint density at radius 2 is 2.00 bits per heavy atom. The van der Waals surface area contributed by atoms with Crippen molar-refractivity contribution in [1.82, 2.24) is 10.6 Å². The largest absolute Gasteiger partial charge is 0.497 e. The SMILES string of the molecule is COc1ccc(CC(=N)NC(=O)C2CCNCC2)cc1. The summed E-state index contributed by atoms with van der Waals surface area (Å²) in [5.74, 6) is 1.05. The predicted molar refractivity (Wildman–Crippen MR) is 78.2 cm³/mol. The maximum Gasteiger partial charge on any atom is 0.228 e. The Labute approximate surface area is 119 Å². The zero-order valence-electron chi connectivity index (χ0n) is 11.7. The number of methoxy groups -OCH3 is 1. The molecular formula is C15H21N3O2. The molecule has 3 N–H and O–H groups in total. The minimum Gasteiger partial charge on any atom is -0.497 e. The number of amidine groups is 1. The topological polar surface area (TPSA) is 74.2 Å². The lowest BCUT2D eigenvalue weighted by Gasteiger charge is -2.21. The molecule has 1 aliphatic rings. The summed E-state index contributed by atoms with van der Waals surface area (Å²) >= 11 is 0. The van der Waals surface area contributed by atoms with E-state index >= 15 is 0 Å². The summed E-state index contributed by atoms with van der Waals surface area (Å²) in [6.07, 6.45) is 2.13. The molecule has 0 unspecified atom stereocenters. The number of hydrogen-bond donors (Lipinski definition) is 3. The average molecular weight is 275 g/mol. The van der Waals surface area contributed by atoms with Gasteiger partial charge in [0.05, 0.1) is 7.11 Å². The molecule has 5 nitrogen and oxygen atoms in total. The van der Waals surface area contributed by atoms with Gasteiger partial charge in [-0.15, -0.1) is 0 Å². The third-order valence-electron chi connectivity index (χ3n) is 3.52. The van der Waals surface area contributed by atoms with Crippen LogP contribution < -0.4 is 15.4 Å². The molecule has 0 saturated carbocycles. The van der Waals surface area contributed by atoms with Gasteiger partial charge in [0.1, 0.15) is 11.6 Å². The molecule has 1 fully saturated rings. The number of piperidine rings is 1. The monoisotopic (exact) mass is 275 g/mol. The lowest BCUT2D eigenvalue weighted by molar-refractivity contribution is -0.124. The van der Waals surface area contributed by atoms with Gasteiger partial charge in [0.25, 0.3) is 0 Å². The van der Waals surface area contributed by atoms with Gasteiger partial charge in [0.15, 0.2) is 0 Å². The van der Waals surface area contributed by atoms with E-state index in [4.69, 9.17) is 10.1 Å². The Morgan fingerprint density at radius 1 is 1.35 bits per heavy atom. The van der Waals surface area contributed by atoms with Crippen LogP contribution in [0.5, 0.6) is 5.75 Å². The van der Waals surface area contributed by atoms with Crippen molar-refractivity contribution in [2.75, 3.05) is 20.2 Å². The fourth-order valence-electron chi connectivity index (χ4n) is 2.33. The molecule has 0 bridgehead atoms. The average Bonchev–Trinajstić information content (AvgIpc) is 2.49. The summed E-state index contributed by atoms with van der Waals surface area (Å²) in [7, 11) is 1.62. The summed E-state index contributed by atoms with van der Waals surface area (Å²) in [6, 6.07) is 7.53. The molecule has 5 heteroatoms. The highest BCUT2D eigenvalue weighted by Gasteiger charge is 2.21. The van der Waals surface area contributed by atoms with E-state index in [0.717, 1.165) is 37.2 Å². The number of nitrogens with one attached hydrogen (secondary N) is 3. The molecule has 0 aliphatic carbocycles. The van der Waals surface area contributed by atoms with Crippen LogP contribution in [0.4, 0.5) is 0 Å². The van der Waals surface area contributed by atoms with Crippen LogP contribution in [0.15, 0.2) is 24.3 Å². The first-order chi connectivity index (χ1) is 9.69. The Hall–Kier alpha value is -1.88. The van der Waals surface area contributed by atoms with Gasteiger partial charge in [-0.2, -0.15) is 0 Å². The van der Waals surface area contributed by atoms with E-state index in [2.05, 4.69) is 10.6 Å². The van der Waals surface area contributed by atoms with E-state index in [9.17, 15) is 4.79 Å². The normalized spacial score (nSPS) is 15.7. The van der Waals surface area contributed by atoms with Crippen LogP contribution in [-0.2, 0) is 11.2 Å². The van der Waals surface area contributed by atoms with Crippen molar-refractivity contribution in [1.29, 1.82) is 5.41 Å². The number of carbonyl (C=O) groups excluding carboxylic acids is 1. The van der Waals surface area contributed by atoms with E-state index in [0.29, 0.717) is 6.42 Å². The minimum absolute atomic E-state index is 0.0231. The quantitative estimate of drug-likeness (QED) is 0.573. The van der Waals surface area contributed by atoms with Crippen LogP contribution in [0, 0.1) is 11.3 Å². The molecule has 0 atom stereocenters. The second kappa shape index (κ2) is 7.05. The van der Waals surface area contributed by atoms with E-state index in [-0.39, 0.29) is 17.7 Å². The number of amides is 1. The van der Waals surface area contributed by atoms with Crippen LogP contribution in [0.3, 0.4) is 0 Å². The zero-order chi connectivity index (χ0) is 14.4. The zero-order valence-corrected chi connectivity index (χ0v) is 11.7. The summed E-state index contributed by atoms with van der Waals surface area (Å²) in [6.45, 7) is 1.76. The number of rotatable bonds is 4. The van der Waals surface area contributed by atoms with Crippen molar-refractivity contribution >= 4 is 11.7 Å². The number of carbonyl (C=O) groups is 1. The molecule has 1 aliphatic heterocycles. The van der Waals surface area contributed by atoms with E-state index in [1.54, 1.807) is 7.11 Å². The Kier molecular flexibility index (Phi) is 5.12. The molecule has 1 heterocycles. The first-order valence-electron chi connectivity index (χ1n) is 6.91. The molecule has 1 aromatic rings. The second-order valence-corrected chi connectivity index (χ2v) is 5.02. The first-order valence-corrected chi connectivity index (χ1v) is 6.91. The van der Waals surface area contributed by atoms with Crippen molar-refractivity contribution in [2.24, 2.45) is 5.92 Å². The first kappa shape index (κ1) is 14.5. The van der Waals surface area contributed by atoms with Crippen molar-refractivity contribution in [3.8, 4) is 5.75 Å². The molecule has 1 saturated heterocycles. The predicted octanol–water partition coefficient (Wildman–Crippen LogP) is 1.33. The number of ether oxygens (including phenoxy) is 1. The molecule has 2 rings (SSSR count). The number of hydrogen-bond acceptors (Lipinski definition) is 4. The second-order valence-electron chi connectivity index (χ2n) is 5.02. The smallest absolute Gasteiger partial charge is 0.228 e.